The van der Waals surface area contributed by atoms with Crippen LogP contribution in [0.25, 0.3) is 5.69 Å². The molecule has 2 aromatic rings. The highest BCUT2D eigenvalue weighted by atomic mass is 16.5. The van der Waals surface area contributed by atoms with Gasteiger partial charge in [0.1, 0.15) is 6.04 Å². The average molecular weight is 329 g/mol. The molecule has 0 aliphatic carbocycles. The summed E-state index contributed by atoms with van der Waals surface area (Å²) >= 11 is 0. The zero-order valence-electron chi connectivity index (χ0n) is 13.5. The highest BCUT2D eigenvalue weighted by Crippen LogP contribution is 2.23. The number of likely N-dealkylation sites (tertiary alicyclic amines) is 1. The maximum Gasteiger partial charge on any atom is 0.326 e. The molecule has 1 aromatic heterocycles. The summed E-state index contributed by atoms with van der Waals surface area (Å²) in [7, 11) is 1.53. The fourth-order valence-electron chi connectivity index (χ4n) is 2.98. The first-order valence-corrected chi connectivity index (χ1v) is 7.69. The van der Waals surface area contributed by atoms with Crippen molar-refractivity contribution in [2.24, 2.45) is 0 Å². The lowest BCUT2D eigenvalue weighted by molar-refractivity contribution is -0.141. The second-order valence-electron chi connectivity index (χ2n) is 5.84. The molecule has 126 valence electrons. The SMILES string of the molecule is COC1CC(C(=O)O)N(C(=O)c2ccc(-n3nccc3C)cc2)C1. The van der Waals surface area contributed by atoms with Gasteiger partial charge in [-0.2, -0.15) is 5.10 Å². The molecule has 2 heterocycles. The van der Waals surface area contributed by atoms with Crippen LogP contribution in [0.4, 0.5) is 0 Å². The lowest BCUT2D eigenvalue weighted by Gasteiger charge is -2.21. The molecule has 1 N–H and O–H groups in total. The van der Waals surface area contributed by atoms with Crippen LogP contribution in [0, 0.1) is 6.92 Å². The van der Waals surface area contributed by atoms with E-state index in [9.17, 15) is 14.7 Å². The highest BCUT2D eigenvalue weighted by molar-refractivity contribution is 5.97. The van der Waals surface area contributed by atoms with Crippen molar-refractivity contribution >= 4 is 11.9 Å². The van der Waals surface area contributed by atoms with E-state index in [2.05, 4.69) is 5.10 Å². The van der Waals surface area contributed by atoms with Crippen molar-refractivity contribution in [1.82, 2.24) is 14.7 Å². The van der Waals surface area contributed by atoms with Gasteiger partial charge in [-0.05, 0) is 37.3 Å². The lowest BCUT2D eigenvalue weighted by atomic mass is 10.1. The minimum absolute atomic E-state index is 0.249. The summed E-state index contributed by atoms with van der Waals surface area (Å²) in [5.41, 5.74) is 2.29. The van der Waals surface area contributed by atoms with E-state index < -0.39 is 12.0 Å². The Hall–Kier alpha value is -2.67. The number of carboxylic acid groups (broad SMARTS) is 1. The predicted molar refractivity (Wildman–Crippen MR) is 86.2 cm³/mol. The largest absolute Gasteiger partial charge is 0.480 e. The Bertz CT molecular complexity index is 753. The second kappa shape index (κ2) is 6.45. The number of carboxylic acids is 1. The Morgan fingerprint density at radius 2 is 1.96 bits per heavy atom. The Morgan fingerprint density at radius 3 is 2.50 bits per heavy atom. The quantitative estimate of drug-likeness (QED) is 0.919. The molecule has 1 saturated heterocycles. The van der Waals surface area contributed by atoms with Gasteiger partial charge >= 0.3 is 5.97 Å². The molecule has 0 radical (unpaired) electrons. The summed E-state index contributed by atoms with van der Waals surface area (Å²) in [5.74, 6) is -1.31. The van der Waals surface area contributed by atoms with Crippen LogP contribution in [0.15, 0.2) is 36.5 Å². The molecule has 3 rings (SSSR count). The molecule has 0 saturated carbocycles. The van der Waals surface area contributed by atoms with Gasteiger partial charge in [0.15, 0.2) is 0 Å². The topological polar surface area (TPSA) is 84.7 Å². The van der Waals surface area contributed by atoms with Crippen LogP contribution >= 0.6 is 0 Å². The smallest absolute Gasteiger partial charge is 0.326 e. The number of rotatable bonds is 4. The Balaban J connectivity index is 1.82. The molecule has 1 aromatic carbocycles. The van der Waals surface area contributed by atoms with Crippen molar-refractivity contribution in [3.05, 3.63) is 47.8 Å². The normalized spacial score (nSPS) is 20.3. The van der Waals surface area contributed by atoms with Crippen LogP contribution in [0.5, 0.6) is 0 Å². The lowest BCUT2D eigenvalue weighted by Crippen LogP contribution is -2.40. The standard InChI is InChI=1S/C17H19N3O4/c1-11-7-8-18-20(11)13-5-3-12(4-6-13)16(21)19-10-14(24-2)9-15(19)17(22)23/h3-8,14-15H,9-10H2,1-2H3,(H,22,23). The monoisotopic (exact) mass is 329 g/mol. The van der Waals surface area contributed by atoms with Crippen molar-refractivity contribution in [1.29, 1.82) is 0 Å². The third-order valence-electron chi connectivity index (χ3n) is 4.33. The van der Waals surface area contributed by atoms with E-state index in [0.29, 0.717) is 12.0 Å². The molecular weight excluding hydrogens is 310 g/mol. The van der Waals surface area contributed by atoms with Crippen LogP contribution < -0.4 is 0 Å². The summed E-state index contributed by atoms with van der Waals surface area (Å²) < 4.78 is 6.99. The van der Waals surface area contributed by atoms with Crippen molar-refractivity contribution in [3.8, 4) is 5.69 Å². The van der Waals surface area contributed by atoms with Gasteiger partial charge in [0.25, 0.3) is 5.91 Å². The Labute approximate surface area is 139 Å². The van der Waals surface area contributed by atoms with E-state index in [0.717, 1.165) is 11.4 Å². The first kappa shape index (κ1) is 16.2. The van der Waals surface area contributed by atoms with Crippen molar-refractivity contribution < 1.29 is 19.4 Å². The van der Waals surface area contributed by atoms with Gasteiger partial charge in [-0.1, -0.05) is 0 Å². The number of carbonyl (C=O) groups excluding carboxylic acids is 1. The van der Waals surface area contributed by atoms with E-state index in [4.69, 9.17) is 4.74 Å². The van der Waals surface area contributed by atoms with Gasteiger partial charge in [0.05, 0.1) is 11.8 Å². The molecular formula is C17H19N3O4. The van der Waals surface area contributed by atoms with E-state index in [1.165, 1.54) is 12.0 Å². The molecule has 24 heavy (non-hydrogen) atoms. The molecule has 2 unspecified atom stereocenters. The summed E-state index contributed by atoms with van der Waals surface area (Å²) in [6.07, 6.45) is 1.77. The van der Waals surface area contributed by atoms with Gasteiger partial charge in [-0.3, -0.25) is 4.79 Å². The summed E-state index contributed by atoms with van der Waals surface area (Å²) in [6.45, 7) is 2.23. The van der Waals surface area contributed by atoms with Gasteiger partial charge in [0.2, 0.25) is 0 Å². The minimum Gasteiger partial charge on any atom is -0.480 e. The molecule has 1 aliphatic rings. The molecule has 1 aliphatic heterocycles. The number of hydrogen-bond donors (Lipinski definition) is 1. The van der Waals surface area contributed by atoms with E-state index >= 15 is 0 Å². The molecule has 7 heteroatoms. The number of methoxy groups -OCH3 is 1. The number of amides is 1. The fraction of sp³-hybridized carbons (Fsp3) is 0.353. The van der Waals surface area contributed by atoms with Gasteiger partial charge in [-0.15, -0.1) is 0 Å². The third-order valence-corrected chi connectivity index (χ3v) is 4.33. The molecule has 1 fully saturated rings. The molecule has 2 atom stereocenters. The van der Waals surface area contributed by atoms with Crippen LogP contribution in [0.2, 0.25) is 0 Å². The second-order valence-corrected chi connectivity index (χ2v) is 5.84. The third kappa shape index (κ3) is 2.90. The number of hydrogen-bond acceptors (Lipinski definition) is 4. The van der Waals surface area contributed by atoms with Crippen LogP contribution in [0.1, 0.15) is 22.5 Å². The maximum atomic E-state index is 12.7. The van der Waals surface area contributed by atoms with E-state index in [-0.39, 0.29) is 18.6 Å². The first-order chi connectivity index (χ1) is 11.5. The van der Waals surface area contributed by atoms with Crippen LogP contribution in [-0.2, 0) is 9.53 Å². The Kier molecular flexibility index (Phi) is 4.35. The number of aryl methyl sites for hydroxylation is 1. The highest BCUT2D eigenvalue weighted by Gasteiger charge is 2.40. The number of nitrogens with zero attached hydrogens (tertiary/aromatic N) is 3. The van der Waals surface area contributed by atoms with Crippen molar-refractivity contribution in [3.63, 3.8) is 0 Å². The van der Waals surface area contributed by atoms with Crippen molar-refractivity contribution in [2.45, 2.75) is 25.5 Å². The number of aliphatic carboxylic acids is 1. The van der Waals surface area contributed by atoms with Crippen molar-refractivity contribution in [2.75, 3.05) is 13.7 Å². The maximum absolute atomic E-state index is 12.7. The van der Waals surface area contributed by atoms with Gasteiger partial charge in [0, 0.05) is 37.5 Å². The first-order valence-electron chi connectivity index (χ1n) is 7.69. The van der Waals surface area contributed by atoms with E-state index in [1.807, 2.05) is 13.0 Å². The number of carbonyl (C=O) groups is 2. The minimum atomic E-state index is -1.01. The van der Waals surface area contributed by atoms with Crippen LogP contribution in [-0.4, -0.2) is 57.5 Å². The van der Waals surface area contributed by atoms with E-state index in [1.54, 1.807) is 35.1 Å². The molecule has 1 amide bonds. The van der Waals surface area contributed by atoms with Crippen LogP contribution in [0.3, 0.4) is 0 Å². The Morgan fingerprint density at radius 1 is 1.25 bits per heavy atom. The van der Waals surface area contributed by atoms with Gasteiger partial charge < -0.3 is 14.7 Å². The molecule has 7 nitrogen and oxygen atoms in total. The molecule has 0 bridgehead atoms. The number of aromatic nitrogens is 2. The molecule has 0 spiro atoms. The summed E-state index contributed by atoms with van der Waals surface area (Å²) in [5, 5.41) is 13.6. The number of ether oxygens (including phenoxy) is 1. The van der Waals surface area contributed by atoms with Gasteiger partial charge in [-0.25, -0.2) is 9.48 Å². The zero-order chi connectivity index (χ0) is 17.3. The predicted octanol–water partition coefficient (Wildman–Crippen LogP) is 1.49. The summed E-state index contributed by atoms with van der Waals surface area (Å²) in [4.78, 5) is 25.4. The zero-order valence-corrected chi connectivity index (χ0v) is 13.5. The fourth-order valence-corrected chi connectivity index (χ4v) is 2.98. The average Bonchev–Trinajstić information content (AvgIpc) is 3.20. The summed E-state index contributed by atoms with van der Waals surface area (Å²) in [6, 6.07) is 8.02. The number of benzene rings is 1.